The Kier molecular flexibility index (Phi) is 38.6. The number of amides is 2. The second-order valence-electron chi connectivity index (χ2n) is 30.1. The van der Waals surface area contributed by atoms with E-state index in [2.05, 4.69) is 51.8 Å². The largest absolute Gasteiger partial charge is 0.505 e. The molecule has 4 heterocycles. The van der Waals surface area contributed by atoms with Gasteiger partial charge in [-0.1, -0.05) is 107 Å². The van der Waals surface area contributed by atoms with Crippen LogP contribution in [-0.4, -0.2) is 116 Å². The first-order valence-corrected chi connectivity index (χ1v) is 46.0. The van der Waals surface area contributed by atoms with Crippen LogP contribution in [0.2, 0.25) is 30.1 Å². The highest BCUT2D eigenvalue weighted by Gasteiger charge is 2.30. The number of hydrogen-bond acceptors (Lipinski definition) is 23. The topological polar surface area (TPSA) is 428 Å². The summed E-state index contributed by atoms with van der Waals surface area (Å²) < 4.78 is 102. The lowest BCUT2D eigenvalue weighted by Gasteiger charge is -2.31. The van der Waals surface area contributed by atoms with E-state index >= 15 is 0 Å². The average molecular weight is 1880 g/mol. The van der Waals surface area contributed by atoms with Crippen LogP contribution in [0.4, 0.5) is 65.2 Å². The molecule has 4 aliphatic heterocycles. The van der Waals surface area contributed by atoms with Crippen LogP contribution in [0.25, 0.3) is 0 Å². The average Bonchev–Trinajstić information content (AvgIpc) is 0.786. The van der Waals surface area contributed by atoms with Crippen molar-refractivity contribution in [1.82, 2.24) is 10.6 Å². The molecule has 4 aliphatic rings. The fourth-order valence-corrected chi connectivity index (χ4v) is 18.4. The SMILES string of the molecule is C.CC(C)(C)OC(=O)NCc1c(N)cccc1N1CCCCC1.CC(C)(C)OC(=O)NCc1c(NS(=O)(=O)c2cc(Cl)cc(Cl)c2O)cccc1N1CCCCC1.N#Cc1c(N)cccc1F.N#Cc1c(N)cccc1N1CCCCC1.NCc1c(NS(=O)(=O)c2cc(Cl)cc(Cl)c2O)cccc1N1CCCCC1.O=S(=O)(Cl)c1cc(Cl)cc(Cl)c1O. The number of carbonyl (C=O) groups is 2. The van der Waals surface area contributed by atoms with E-state index in [1.165, 1.54) is 81.3 Å². The molecule has 0 radical (unpaired) electrons. The first-order chi connectivity index (χ1) is 57.0. The number of hydrogen-bond donors (Lipinski definition) is 11. The van der Waals surface area contributed by atoms with E-state index in [0.29, 0.717) is 40.3 Å². The van der Waals surface area contributed by atoms with E-state index in [1.54, 1.807) is 57.2 Å². The van der Waals surface area contributed by atoms with E-state index in [0.717, 1.165) is 131 Å². The number of alkyl carbamates (subject to hydrolysis) is 2. The molecule has 8 aromatic rings. The van der Waals surface area contributed by atoms with Crippen molar-refractivity contribution in [2.75, 3.05) is 98.6 Å². The maximum absolute atomic E-state index is 13.2. The van der Waals surface area contributed by atoms with Gasteiger partial charge in [-0.15, -0.1) is 0 Å². The lowest BCUT2D eigenvalue weighted by Crippen LogP contribution is -2.34. The minimum absolute atomic E-state index is 0. The summed E-state index contributed by atoms with van der Waals surface area (Å²) >= 11 is 34.6. The molecule has 0 spiro atoms. The number of benzene rings is 8. The van der Waals surface area contributed by atoms with E-state index in [1.807, 2.05) is 57.2 Å². The predicted molar refractivity (Wildman–Crippen MR) is 489 cm³/mol. The van der Waals surface area contributed by atoms with Gasteiger partial charge in [0.05, 0.1) is 62.2 Å². The number of nitrogen functional groups attached to an aromatic ring is 3. The van der Waals surface area contributed by atoms with Crippen LogP contribution in [-0.2, 0) is 58.2 Å². The molecule has 0 aromatic heterocycles. The summed E-state index contributed by atoms with van der Waals surface area (Å²) in [7, 11) is -7.39. The van der Waals surface area contributed by atoms with E-state index in [-0.39, 0.29) is 72.5 Å². The molecule has 27 nitrogen and oxygen atoms in total. The minimum atomic E-state index is -4.26. The summed E-state index contributed by atoms with van der Waals surface area (Å²) in [5, 5.41) is 52.3. The standard InChI is InChI=1S/C23H29Cl2N3O5S.C18H21Cl2N3O3S.C17H27N3O2.C12H15N3.C7H5FN2.C6H3Cl3O3S.CH4/c1-23(2,3)33-22(30)26-14-16-18(8-7-9-19(16)28-10-5-4-6-11-28)27-34(31,32)20-13-15(24)12-17(25)21(20)29;19-12-9-14(20)18(24)17(10-12)27(25,26)22-15-5-4-6-16(13(15)11-21)23-7-2-1-3-8-23;1-17(2,3)22-16(21)19-12-13-14(18)8-7-9-15(13)20-10-5-4-6-11-20;13-9-10-11(14)5-4-6-12(10)15-7-2-1-3-8-15;8-6-2-1-3-7(10)5(6)4-9;7-3-1-4(8)6(10)5(2-3)13(9,11)12;/h7-9,12-13,27,29H,4-6,10-11,14H2,1-3H3,(H,26,30);4-6,9-10,22,24H,1-3,7-8,11,21H2;7-9H,4-6,10-12,18H2,1-3H3,(H,19,21);4-6H,1-3,7-8,14H2;1-3H,10H2;1-2,10H;1H4. The van der Waals surface area contributed by atoms with Crippen LogP contribution in [0, 0.1) is 28.5 Å². The summed E-state index contributed by atoms with van der Waals surface area (Å²) in [6, 6.07) is 37.3. The van der Waals surface area contributed by atoms with Crippen LogP contribution >= 0.6 is 80.3 Å². The lowest BCUT2D eigenvalue weighted by atomic mass is 10.1. The van der Waals surface area contributed by atoms with Crippen molar-refractivity contribution in [2.45, 2.75) is 172 Å². The van der Waals surface area contributed by atoms with Gasteiger partial charge in [-0.3, -0.25) is 9.44 Å². The predicted octanol–water partition coefficient (Wildman–Crippen LogP) is 19.4. The van der Waals surface area contributed by atoms with Gasteiger partial charge in [-0.2, -0.15) is 10.5 Å². The molecule has 0 saturated carbocycles. The van der Waals surface area contributed by atoms with Gasteiger partial charge in [0.15, 0.2) is 17.2 Å². The number of phenolic OH excluding ortho intramolecular Hbond substituents is 3. The molecule has 0 aliphatic carbocycles. The molecule has 0 atom stereocenters. The fraction of sp³-hybridized carbons (Fsp3) is 0.381. The molecule has 38 heteroatoms. The van der Waals surface area contributed by atoms with Crippen molar-refractivity contribution in [3.05, 3.63) is 191 Å². The maximum atomic E-state index is 13.2. The molecule has 122 heavy (non-hydrogen) atoms. The van der Waals surface area contributed by atoms with Crippen molar-refractivity contribution in [1.29, 1.82) is 10.5 Å². The Balaban J connectivity index is 0.000000236. The van der Waals surface area contributed by atoms with Gasteiger partial charge in [-0.05, 0) is 216 Å². The number of rotatable bonds is 16. The number of halogens is 8. The highest BCUT2D eigenvalue weighted by Crippen LogP contribution is 2.41. The van der Waals surface area contributed by atoms with Crippen LogP contribution in [0.5, 0.6) is 17.2 Å². The molecule has 4 saturated heterocycles. The number of piperidine rings is 4. The number of nitriles is 2. The number of carbonyl (C=O) groups excluding carboxylic acids is 2. The molecule has 15 N–H and O–H groups in total. The summed E-state index contributed by atoms with van der Waals surface area (Å²) in [5.74, 6) is -2.31. The molecular weight excluding hydrogens is 1780 g/mol. The van der Waals surface area contributed by atoms with Gasteiger partial charge >= 0.3 is 12.2 Å². The van der Waals surface area contributed by atoms with Gasteiger partial charge < -0.3 is 78.0 Å². The third-order valence-electron chi connectivity index (χ3n) is 18.8. The van der Waals surface area contributed by atoms with Crippen LogP contribution in [0.15, 0.2) is 142 Å². The summed E-state index contributed by atoms with van der Waals surface area (Å²) in [4.78, 5) is 31.8. The lowest BCUT2D eigenvalue weighted by molar-refractivity contribution is 0.0512. The van der Waals surface area contributed by atoms with Crippen LogP contribution < -0.4 is 62.6 Å². The zero-order valence-electron chi connectivity index (χ0n) is 67.6. The first-order valence-electron chi connectivity index (χ1n) is 38.5. The molecule has 662 valence electrons. The molecule has 4 fully saturated rings. The van der Waals surface area contributed by atoms with E-state index in [9.17, 15) is 54.6 Å². The molecular formula is C84H104Cl7FN14O13S3. The second-order valence-corrected chi connectivity index (χ2v) is 38.4. The van der Waals surface area contributed by atoms with Crippen molar-refractivity contribution in [2.24, 2.45) is 5.73 Å². The number of ether oxygens (including phenoxy) is 2. The highest BCUT2D eigenvalue weighted by molar-refractivity contribution is 8.13. The number of aromatic hydroxyl groups is 3. The normalized spacial score (nSPS) is 14.1. The molecule has 8 aromatic carbocycles. The third kappa shape index (κ3) is 30.0. The zero-order valence-corrected chi connectivity index (χ0v) is 75.3. The molecule has 0 unspecified atom stereocenters. The van der Waals surface area contributed by atoms with Crippen LogP contribution in [0.1, 0.15) is 154 Å². The number of anilines is 9. The number of nitrogens with zero attached hydrogens (tertiary/aromatic N) is 6. The third-order valence-corrected chi connectivity index (χ3v) is 24.4. The van der Waals surface area contributed by atoms with E-state index in [4.69, 9.17) is 123 Å². The molecule has 12 rings (SSSR count). The molecule has 0 bridgehead atoms. The van der Waals surface area contributed by atoms with Crippen molar-refractivity contribution in [3.8, 4) is 29.4 Å². The second kappa shape index (κ2) is 46.4. The molecule has 2 amide bonds. The quantitative estimate of drug-likeness (QED) is 0.0316. The van der Waals surface area contributed by atoms with Gasteiger partial charge in [0.25, 0.3) is 29.1 Å². The Morgan fingerprint density at radius 2 is 0.754 bits per heavy atom. The number of phenols is 3. The fourth-order valence-electron chi connectivity index (χ4n) is 13.1. The Morgan fingerprint density at radius 1 is 0.451 bits per heavy atom. The van der Waals surface area contributed by atoms with E-state index < -0.39 is 85.3 Å². The number of nitrogens with two attached hydrogens (primary N) is 4. The first kappa shape index (κ1) is 101. The van der Waals surface area contributed by atoms with Crippen molar-refractivity contribution >= 4 is 173 Å². The monoisotopic (exact) mass is 1880 g/mol. The summed E-state index contributed by atoms with van der Waals surface area (Å²) in [6.45, 7) is 19.0. The van der Waals surface area contributed by atoms with Crippen molar-refractivity contribution < 1.29 is 64.0 Å². The van der Waals surface area contributed by atoms with Gasteiger partial charge in [0.2, 0.25) is 0 Å². The van der Waals surface area contributed by atoms with Crippen molar-refractivity contribution in [3.63, 3.8) is 0 Å². The Morgan fingerprint density at radius 3 is 1.11 bits per heavy atom. The number of nitrogens with one attached hydrogen (secondary N) is 4. The Labute approximate surface area is 748 Å². The maximum Gasteiger partial charge on any atom is 0.407 e. The Hall–Kier alpha value is -9.35. The van der Waals surface area contributed by atoms with Gasteiger partial charge in [-0.25, -0.2) is 39.2 Å². The summed E-state index contributed by atoms with van der Waals surface area (Å²) in [5.41, 5.74) is 30.7. The Bertz CT molecular complexity index is 5370. The summed E-state index contributed by atoms with van der Waals surface area (Å²) in [6.07, 6.45) is 12.9. The van der Waals surface area contributed by atoms with Gasteiger partial charge in [0.1, 0.15) is 49.4 Å². The minimum Gasteiger partial charge on any atom is -0.505 e. The van der Waals surface area contributed by atoms with Gasteiger partial charge in [0, 0.05) is 124 Å². The number of sulfonamides is 2. The highest BCUT2D eigenvalue weighted by atomic mass is 35.7. The van der Waals surface area contributed by atoms with Crippen LogP contribution in [0.3, 0.4) is 0 Å². The smallest absolute Gasteiger partial charge is 0.407 e. The zero-order chi connectivity index (χ0) is 89.3.